The molecule has 0 aromatic carbocycles. The van der Waals surface area contributed by atoms with Crippen molar-refractivity contribution in [3.05, 3.63) is 35.7 Å². The molecule has 1 fully saturated rings. The highest BCUT2D eigenvalue weighted by molar-refractivity contribution is 5.99. The molecule has 1 aliphatic carbocycles. The van der Waals surface area contributed by atoms with Crippen LogP contribution in [0.5, 0.6) is 0 Å². The topological polar surface area (TPSA) is 90.7 Å². The van der Waals surface area contributed by atoms with Crippen LogP contribution in [0, 0.1) is 0 Å². The normalized spacial score (nSPS) is 14.4. The minimum absolute atomic E-state index is 0.0897. The van der Waals surface area contributed by atoms with Crippen molar-refractivity contribution in [3.8, 4) is 0 Å². The van der Waals surface area contributed by atoms with E-state index in [1.807, 2.05) is 0 Å². The first kappa shape index (κ1) is 14.2. The van der Waals surface area contributed by atoms with E-state index in [4.69, 9.17) is 10.2 Å². The largest absolute Gasteiger partial charge is 0.478 e. The number of hydrogen-bond acceptors (Lipinski definition) is 4. The number of hydrogen-bond donors (Lipinski definition) is 2. The zero-order valence-electron chi connectivity index (χ0n) is 10.9. The van der Waals surface area contributed by atoms with Gasteiger partial charge in [-0.15, -0.1) is 0 Å². The van der Waals surface area contributed by atoms with E-state index in [1.54, 1.807) is 11.0 Å². The third kappa shape index (κ3) is 3.42. The molecular formula is C14H16N2O4. The highest BCUT2D eigenvalue weighted by Gasteiger charge is 2.33. The molecule has 1 aromatic rings. The number of pyridine rings is 1. The van der Waals surface area contributed by atoms with Gasteiger partial charge < -0.3 is 15.1 Å². The Bertz CT molecular complexity index is 538. The molecule has 6 heteroatoms. The quantitative estimate of drug-likeness (QED) is 0.749. The van der Waals surface area contributed by atoms with Gasteiger partial charge in [-0.1, -0.05) is 0 Å². The molecule has 0 aliphatic heterocycles. The average molecular weight is 276 g/mol. The lowest BCUT2D eigenvalue weighted by molar-refractivity contribution is -0.131. The van der Waals surface area contributed by atoms with Crippen LogP contribution in [0.3, 0.4) is 0 Å². The van der Waals surface area contributed by atoms with Crippen molar-refractivity contribution in [1.29, 1.82) is 0 Å². The van der Waals surface area contributed by atoms with Crippen molar-refractivity contribution in [2.75, 3.05) is 13.2 Å². The number of aliphatic carboxylic acids is 1. The lowest BCUT2D eigenvalue weighted by Gasteiger charge is -2.22. The highest BCUT2D eigenvalue weighted by atomic mass is 16.4. The number of rotatable bonds is 6. The Labute approximate surface area is 116 Å². The molecule has 106 valence electrons. The van der Waals surface area contributed by atoms with Crippen LogP contribution < -0.4 is 0 Å². The van der Waals surface area contributed by atoms with Crippen LogP contribution in [0.2, 0.25) is 0 Å². The third-order valence-electron chi connectivity index (χ3n) is 3.08. The fraction of sp³-hybridized carbons (Fsp3) is 0.357. The predicted molar refractivity (Wildman–Crippen MR) is 72.1 cm³/mol. The number of aliphatic hydroxyl groups excluding tert-OH is 1. The molecule has 2 N–H and O–H groups in total. The minimum atomic E-state index is -1.08. The molecule has 0 spiro atoms. The highest BCUT2D eigenvalue weighted by Crippen LogP contribution is 2.28. The number of aromatic nitrogens is 1. The van der Waals surface area contributed by atoms with Crippen molar-refractivity contribution in [2.24, 2.45) is 0 Å². The number of amides is 1. The molecule has 1 amide bonds. The van der Waals surface area contributed by atoms with Crippen molar-refractivity contribution < 1.29 is 19.8 Å². The molecule has 0 atom stereocenters. The zero-order valence-corrected chi connectivity index (χ0v) is 10.9. The molecule has 0 unspecified atom stereocenters. The summed E-state index contributed by atoms with van der Waals surface area (Å²) in [5.74, 6) is -1.28. The van der Waals surface area contributed by atoms with E-state index < -0.39 is 5.97 Å². The summed E-state index contributed by atoms with van der Waals surface area (Å²) in [6.07, 6.45) is 7.16. The smallest absolute Gasteiger partial charge is 0.328 e. The second kappa shape index (κ2) is 6.29. The van der Waals surface area contributed by atoms with Gasteiger partial charge in [-0.25, -0.2) is 4.79 Å². The van der Waals surface area contributed by atoms with Crippen LogP contribution in [0.25, 0.3) is 6.08 Å². The minimum Gasteiger partial charge on any atom is -0.478 e. The summed E-state index contributed by atoms with van der Waals surface area (Å²) >= 11 is 0. The van der Waals surface area contributed by atoms with Gasteiger partial charge in [-0.2, -0.15) is 0 Å². The van der Waals surface area contributed by atoms with Crippen LogP contribution in [0.4, 0.5) is 0 Å². The van der Waals surface area contributed by atoms with Gasteiger partial charge in [-0.3, -0.25) is 9.78 Å². The second-order valence-corrected chi connectivity index (χ2v) is 4.59. The second-order valence-electron chi connectivity index (χ2n) is 4.59. The van der Waals surface area contributed by atoms with Gasteiger partial charge in [0.2, 0.25) is 0 Å². The van der Waals surface area contributed by atoms with Gasteiger partial charge in [0.05, 0.1) is 6.61 Å². The van der Waals surface area contributed by atoms with Gasteiger partial charge in [-0.05, 0) is 25.0 Å². The molecule has 0 bridgehead atoms. The lowest BCUT2D eigenvalue weighted by atomic mass is 10.1. The van der Waals surface area contributed by atoms with Gasteiger partial charge in [0.1, 0.15) is 0 Å². The summed E-state index contributed by atoms with van der Waals surface area (Å²) in [5.41, 5.74) is 0.862. The molecular weight excluding hydrogens is 260 g/mol. The van der Waals surface area contributed by atoms with Crippen molar-refractivity contribution in [3.63, 3.8) is 0 Å². The first-order valence-electron chi connectivity index (χ1n) is 6.40. The van der Waals surface area contributed by atoms with Crippen LogP contribution in [0.15, 0.2) is 24.5 Å². The maximum Gasteiger partial charge on any atom is 0.328 e. The third-order valence-corrected chi connectivity index (χ3v) is 3.08. The Hall–Kier alpha value is -2.21. The molecule has 20 heavy (non-hydrogen) atoms. The van der Waals surface area contributed by atoms with E-state index in [0.29, 0.717) is 11.1 Å². The number of nitrogens with zero attached hydrogens (tertiary/aromatic N) is 2. The van der Waals surface area contributed by atoms with Gasteiger partial charge in [0, 0.05) is 42.2 Å². The first-order chi connectivity index (χ1) is 9.63. The Morgan fingerprint density at radius 1 is 1.45 bits per heavy atom. The van der Waals surface area contributed by atoms with E-state index >= 15 is 0 Å². The van der Waals surface area contributed by atoms with E-state index in [0.717, 1.165) is 18.9 Å². The standard InChI is InChI=1S/C14H16N2O4/c17-8-7-16(11-2-3-11)14(20)12-5-6-15-9-10(12)1-4-13(18)19/h1,4-6,9,11,17H,2-3,7-8H2,(H,18,19). The number of carbonyl (C=O) groups excluding carboxylic acids is 1. The Kier molecular flexibility index (Phi) is 4.47. The Morgan fingerprint density at radius 2 is 2.20 bits per heavy atom. The zero-order chi connectivity index (χ0) is 14.5. The van der Waals surface area contributed by atoms with Crippen molar-refractivity contribution in [1.82, 2.24) is 9.88 Å². The summed E-state index contributed by atoms with van der Waals surface area (Å²) < 4.78 is 0. The fourth-order valence-electron chi connectivity index (χ4n) is 1.99. The summed E-state index contributed by atoms with van der Waals surface area (Å²) in [5, 5.41) is 17.7. The maximum absolute atomic E-state index is 12.5. The van der Waals surface area contributed by atoms with Crippen molar-refractivity contribution >= 4 is 18.0 Å². The monoisotopic (exact) mass is 276 g/mol. The lowest BCUT2D eigenvalue weighted by Crippen LogP contribution is -2.35. The Balaban J connectivity index is 2.26. The van der Waals surface area contributed by atoms with Crippen LogP contribution >= 0.6 is 0 Å². The number of carboxylic acids is 1. The van der Waals surface area contributed by atoms with Crippen molar-refractivity contribution in [2.45, 2.75) is 18.9 Å². The first-order valence-corrected chi connectivity index (χ1v) is 6.40. The number of carbonyl (C=O) groups is 2. The van der Waals surface area contributed by atoms with E-state index in [1.165, 1.54) is 18.5 Å². The summed E-state index contributed by atoms with van der Waals surface area (Å²) in [7, 11) is 0. The number of carboxylic acid groups (broad SMARTS) is 1. The van der Waals surface area contributed by atoms with E-state index in [9.17, 15) is 9.59 Å². The molecule has 1 aromatic heterocycles. The molecule has 0 saturated heterocycles. The average Bonchev–Trinajstić information content (AvgIpc) is 3.26. The molecule has 0 radical (unpaired) electrons. The van der Waals surface area contributed by atoms with E-state index in [-0.39, 0.29) is 25.1 Å². The fourth-order valence-corrected chi connectivity index (χ4v) is 1.99. The van der Waals surface area contributed by atoms with Crippen LogP contribution in [0.1, 0.15) is 28.8 Å². The van der Waals surface area contributed by atoms with Gasteiger partial charge in [0.15, 0.2) is 0 Å². The summed E-state index contributed by atoms with van der Waals surface area (Å²) in [4.78, 5) is 28.6. The molecule has 2 rings (SSSR count). The molecule has 1 aliphatic rings. The van der Waals surface area contributed by atoms with Crippen LogP contribution in [-0.4, -0.2) is 51.2 Å². The molecule has 6 nitrogen and oxygen atoms in total. The molecule has 1 saturated carbocycles. The molecule has 1 heterocycles. The maximum atomic E-state index is 12.5. The summed E-state index contributed by atoms with van der Waals surface area (Å²) in [6, 6.07) is 1.75. The van der Waals surface area contributed by atoms with E-state index in [2.05, 4.69) is 4.98 Å². The van der Waals surface area contributed by atoms with Crippen LogP contribution in [-0.2, 0) is 4.79 Å². The van der Waals surface area contributed by atoms with Gasteiger partial charge in [0.25, 0.3) is 5.91 Å². The Morgan fingerprint density at radius 3 is 2.80 bits per heavy atom. The van der Waals surface area contributed by atoms with Gasteiger partial charge >= 0.3 is 5.97 Å². The predicted octanol–water partition coefficient (Wildman–Crippen LogP) is 0.776. The number of aliphatic hydroxyl groups is 1. The SMILES string of the molecule is O=C(O)C=Cc1cnccc1C(=O)N(CCO)C1CC1. The summed E-state index contributed by atoms with van der Waals surface area (Å²) in [6.45, 7) is 0.196.